The first-order valence-electron chi connectivity index (χ1n) is 7.50. The van der Waals surface area contributed by atoms with Gasteiger partial charge in [0.05, 0.1) is 5.75 Å². The first-order chi connectivity index (χ1) is 10.3. The van der Waals surface area contributed by atoms with Gasteiger partial charge in [-0.15, -0.1) is 0 Å². The largest absolute Gasteiger partial charge is 0.463 e. The molecule has 0 aliphatic heterocycles. The SMILES string of the molecule is CCc1cccc(CC)c1N[C@@H](C)C(=O)OCCS(C)(=O)=O. The lowest BCUT2D eigenvalue weighted by atomic mass is 10.0. The van der Waals surface area contributed by atoms with Crippen LogP contribution in [-0.2, 0) is 32.2 Å². The first kappa shape index (κ1) is 18.5. The van der Waals surface area contributed by atoms with Gasteiger partial charge >= 0.3 is 5.97 Å². The molecule has 1 aromatic carbocycles. The van der Waals surface area contributed by atoms with E-state index >= 15 is 0 Å². The minimum atomic E-state index is -3.12. The molecule has 6 heteroatoms. The third-order valence-corrected chi connectivity index (χ3v) is 4.32. The molecule has 0 bridgehead atoms. The maximum atomic E-state index is 12.0. The van der Waals surface area contributed by atoms with Crippen molar-refractivity contribution in [3.63, 3.8) is 0 Å². The van der Waals surface area contributed by atoms with E-state index < -0.39 is 21.8 Å². The second kappa shape index (κ2) is 8.17. The van der Waals surface area contributed by atoms with E-state index in [-0.39, 0.29) is 12.4 Å². The highest BCUT2D eigenvalue weighted by Crippen LogP contribution is 2.23. The Balaban J connectivity index is 2.72. The summed E-state index contributed by atoms with van der Waals surface area (Å²) in [5.41, 5.74) is 3.27. The predicted octanol–water partition coefficient (Wildman–Crippen LogP) is 2.20. The average molecular weight is 327 g/mol. The van der Waals surface area contributed by atoms with Crippen molar-refractivity contribution in [3.05, 3.63) is 29.3 Å². The highest BCUT2D eigenvalue weighted by molar-refractivity contribution is 7.90. The Morgan fingerprint density at radius 1 is 1.23 bits per heavy atom. The van der Waals surface area contributed by atoms with Gasteiger partial charge in [0, 0.05) is 11.9 Å². The molecule has 0 heterocycles. The summed E-state index contributed by atoms with van der Waals surface area (Å²) in [4.78, 5) is 12.0. The summed E-state index contributed by atoms with van der Waals surface area (Å²) in [5.74, 6) is -0.603. The highest BCUT2D eigenvalue weighted by Gasteiger charge is 2.17. The van der Waals surface area contributed by atoms with E-state index in [2.05, 4.69) is 19.2 Å². The van der Waals surface area contributed by atoms with Crippen molar-refractivity contribution in [2.45, 2.75) is 39.7 Å². The molecule has 0 aliphatic carbocycles. The zero-order valence-corrected chi connectivity index (χ0v) is 14.5. The summed E-state index contributed by atoms with van der Waals surface area (Å²) < 4.78 is 27.1. The Morgan fingerprint density at radius 2 is 1.77 bits per heavy atom. The van der Waals surface area contributed by atoms with Crippen LogP contribution in [0.15, 0.2) is 18.2 Å². The van der Waals surface area contributed by atoms with E-state index in [0.717, 1.165) is 35.9 Å². The fourth-order valence-electron chi connectivity index (χ4n) is 2.12. The van der Waals surface area contributed by atoms with Crippen LogP contribution in [0.4, 0.5) is 5.69 Å². The molecule has 1 atom stereocenters. The molecular formula is C16H25NO4S. The summed E-state index contributed by atoms with van der Waals surface area (Å²) >= 11 is 0. The van der Waals surface area contributed by atoms with Gasteiger partial charge < -0.3 is 10.1 Å². The molecule has 0 aliphatic rings. The van der Waals surface area contributed by atoms with Crippen molar-refractivity contribution in [1.29, 1.82) is 0 Å². The molecule has 0 radical (unpaired) electrons. The lowest BCUT2D eigenvalue weighted by molar-refractivity contribution is -0.143. The zero-order chi connectivity index (χ0) is 16.8. The Hall–Kier alpha value is -1.56. The van der Waals surface area contributed by atoms with Gasteiger partial charge in [0.15, 0.2) is 9.84 Å². The van der Waals surface area contributed by atoms with Crippen LogP contribution in [-0.4, -0.2) is 39.0 Å². The van der Waals surface area contributed by atoms with Crippen molar-refractivity contribution < 1.29 is 17.9 Å². The Bertz CT molecular complexity index is 588. The molecule has 0 fully saturated rings. The number of aryl methyl sites for hydroxylation is 2. The second-order valence-electron chi connectivity index (χ2n) is 5.32. The molecule has 0 unspecified atom stereocenters. The fourth-order valence-corrected chi connectivity index (χ4v) is 2.51. The highest BCUT2D eigenvalue weighted by atomic mass is 32.2. The van der Waals surface area contributed by atoms with Crippen molar-refractivity contribution in [3.8, 4) is 0 Å². The van der Waals surface area contributed by atoms with Crippen LogP contribution in [0.1, 0.15) is 31.9 Å². The van der Waals surface area contributed by atoms with Crippen LogP contribution in [0.25, 0.3) is 0 Å². The molecule has 22 heavy (non-hydrogen) atoms. The number of sulfone groups is 1. The second-order valence-corrected chi connectivity index (χ2v) is 7.58. The molecule has 0 spiro atoms. The van der Waals surface area contributed by atoms with Gasteiger partial charge in [-0.25, -0.2) is 13.2 Å². The number of anilines is 1. The summed E-state index contributed by atoms with van der Waals surface area (Å²) in [6.45, 7) is 5.73. The van der Waals surface area contributed by atoms with Crippen molar-refractivity contribution in [2.75, 3.05) is 23.9 Å². The Kier molecular flexibility index (Phi) is 6.87. The molecule has 0 aromatic heterocycles. The van der Waals surface area contributed by atoms with Gasteiger partial charge in [-0.05, 0) is 30.9 Å². The molecular weight excluding hydrogens is 302 g/mol. The van der Waals surface area contributed by atoms with Gasteiger partial charge in [0.1, 0.15) is 12.6 Å². The number of nitrogens with one attached hydrogen (secondary N) is 1. The molecule has 0 saturated carbocycles. The lowest BCUT2D eigenvalue weighted by Gasteiger charge is -2.19. The number of esters is 1. The summed E-state index contributed by atoms with van der Waals surface area (Å²) in [5, 5.41) is 3.20. The molecule has 1 aromatic rings. The number of rotatable bonds is 8. The van der Waals surface area contributed by atoms with E-state index in [1.165, 1.54) is 0 Å². The molecule has 0 saturated heterocycles. The molecule has 0 amide bonds. The number of carbonyl (C=O) groups is 1. The van der Waals surface area contributed by atoms with Crippen LogP contribution in [0.2, 0.25) is 0 Å². The van der Waals surface area contributed by atoms with Crippen molar-refractivity contribution in [2.24, 2.45) is 0 Å². The quantitative estimate of drug-likeness (QED) is 0.741. The van der Waals surface area contributed by atoms with E-state index in [1.807, 2.05) is 18.2 Å². The monoisotopic (exact) mass is 327 g/mol. The fraction of sp³-hybridized carbons (Fsp3) is 0.562. The number of hydrogen-bond donors (Lipinski definition) is 1. The Morgan fingerprint density at radius 3 is 2.23 bits per heavy atom. The third kappa shape index (κ3) is 5.67. The number of para-hydroxylation sites is 1. The normalized spacial score (nSPS) is 12.7. The molecule has 5 nitrogen and oxygen atoms in total. The van der Waals surface area contributed by atoms with Gasteiger partial charge in [-0.2, -0.15) is 0 Å². The van der Waals surface area contributed by atoms with Crippen LogP contribution in [0.3, 0.4) is 0 Å². The van der Waals surface area contributed by atoms with E-state index in [0.29, 0.717) is 0 Å². The van der Waals surface area contributed by atoms with Crippen molar-refractivity contribution >= 4 is 21.5 Å². The zero-order valence-electron chi connectivity index (χ0n) is 13.7. The number of carbonyl (C=O) groups excluding carboxylic acids is 1. The smallest absolute Gasteiger partial charge is 0.328 e. The van der Waals surface area contributed by atoms with Gasteiger partial charge in [0.2, 0.25) is 0 Å². The van der Waals surface area contributed by atoms with Gasteiger partial charge in [-0.3, -0.25) is 0 Å². The molecule has 1 N–H and O–H groups in total. The van der Waals surface area contributed by atoms with Gasteiger partial charge in [0.25, 0.3) is 0 Å². The number of benzene rings is 1. The van der Waals surface area contributed by atoms with E-state index in [9.17, 15) is 13.2 Å². The van der Waals surface area contributed by atoms with Crippen LogP contribution >= 0.6 is 0 Å². The summed E-state index contributed by atoms with van der Waals surface area (Å²) in [7, 11) is -3.12. The molecule has 124 valence electrons. The summed E-state index contributed by atoms with van der Waals surface area (Å²) in [6, 6.07) is 5.54. The predicted molar refractivity (Wildman–Crippen MR) is 89.0 cm³/mol. The maximum absolute atomic E-state index is 12.0. The number of hydrogen-bond acceptors (Lipinski definition) is 5. The van der Waals surface area contributed by atoms with Crippen LogP contribution < -0.4 is 5.32 Å². The Labute approximate surface area is 133 Å². The number of ether oxygens (including phenoxy) is 1. The van der Waals surface area contributed by atoms with Crippen LogP contribution in [0, 0.1) is 0 Å². The maximum Gasteiger partial charge on any atom is 0.328 e. The van der Waals surface area contributed by atoms with E-state index in [1.54, 1.807) is 6.92 Å². The van der Waals surface area contributed by atoms with Gasteiger partial charge in [-0.1, -0.05) is 32.0 Å². The average Bonchev–Trinajstić information content (AvgIpc) is 2.45. The van der Waals surface area contributed by atoms with Crippen molar-refractivity contribution in [1.82, 2.24) is 0 Å². The minimum absolute atomic E-state index is 0.111. The van der Waals surface area contributed by atoms with E-state index in [4.69, 9.17) is 4.74 Å². The standard InChI is InChI=1S/C16H25NO4S/c1-5-13-8-7-9-14(6-2)15(13)17-12(3)16(18)21-10-11-22(4,19)20/h7-9,12,17H,5-6,10-11H2,1-4H3/t12-/m0/s1. The minimum Gasteiger partial charge on any atom is -0.463 e. The van der Waals surface area contributed by atoms with Crippen LogP contribution in [0.5, 0.6) is 0 Å². The molecule has 1 rings (SSSR count). The lowest BCUT2D eigenvalue weighted by Crippen LogP contribution is -2.30. The first-order valence-corrected chi connectivity index (χ1v) is 9.56. The summed E-state index contributed by atoms with van der Waals surface area (Å²) in [6.07, 6.45) is 2.85. The third-order valence-electron chi connectivity index (χ3n) is 3.41. The topological polar surface area (TPSA) is 72.5 Å².